The molecule has 1 saturated carbocycles. The van der Waals surface area contributed by atoms with Gasteiger partial charge in [0.2, 0.25) is 0 Å². The minimum atomic E-state index is -0.0379. The maximum Gasteiger partial charge on any atom is 0.123 e. The van der Waals surface area contributed by atoms with E-state index in [0.29, 0.717) is 6.04 Å². The van der Waals surface area contributed by atoms with E-state index >= 15 is 0 Å². The molecule has 2 nitrogen and oxygen atoms in total. The first-order chi connectivity index (χ1) is 9.59. The van der Waals surface area contributed by atoms with Gasteiger partial charge in [-0.05, 0) is 62.8 Å². The predicted octanol–water partition coefficient (Wildman–Crippen LogP) is 4.24. The molecule has 3 rings (SSSR count). The second-order valence-electron chi connectivity index (χ2n) is 7.03. The van der Waals surface area contributed by atoms with Crippen molar-refractivity contribution in [3.8, 4) is 5.75 Å². The molecule has 0 bridgehead atoms. The van der Waals surface area contributed by atoms with Crippen LogP contribution in [0.15, 0.2) is 18.2 Å². The molecule has 1 unspecified atom stereocenters. The van der Waals surface area contributed by atoms with Crippen molar-refractivity contribution in [2.24, 2.45) is 5.92 Å². The molecule has 1 fully saturated rings. The lowest BCUT2D eigenvalue weighted by Gasteiger charge is -2.35. The van der Waals surface area contributed by atoms with E-state index < -0.39 is 0 Å². The first-order valence-corrected chi connectivity index (χ1v) is 8.14. The summed E-state index contributed by atoms with van der Waals surface area (Å²) in [7, 11) is 0. The van der Waals surface area contributed by atoms with Gasteiger partial charge < -0.3 is 10.1 Å². The molecule has 0 aromatic heterocycles. The van der Waals surface area contributed by atoms with Gasteiger partial charge in [0.25, 0.3) is 0 Å². The molecule has 1 aliphatic heterocycles. The van der Waals surface area contributed by atoms with E-state index in [1.165, 1.54) is 36.8 Å². The third-order valence-electron chi connectivity index (χ3n) is 4.68. The lowest BCUT2D eigenvalue weighted by atomic mass is 9.77. The zero-order chi connectivity index (χ0) is 14.2. The maximum absolute atomic E-state index is 5.99. The third kappa shape index (κ3) is 2.71. The van der Waals surface area contributed by atoms with Crippen LogP contribution in [0.4, 0.5) is 0 Å². The van der Waals surface area contributed by atoms with E-state index in [-0.39, 0.29) is 5.60 Å². The molecule has 20 heavy (non-hydrogen) atoms. The molecule has 0 radical (unpaired) electrons. The van der Waals surface area contributed by atoms with Gasteiger partial charge in [0, 0.05) is 12.5 Å². The van der Waals surface area contributed by atoms with Gasteiger partial charge in [-0.1, -0.05) is 25.5 Å². The monoisotopic (exact) mass is 273 g/mol. The summed E-state index contributed by atoms with van der Waals surface area (Å²) >= 11 is 0. The van der Waals surface area contributed by atoms with Crippen LogP contribution in [0.25, 0.3) is 0 Å². The van der Waals surface area contributed by atoms with E-state index in [2.05, 4.69) is 44.3 Å². The van der Waals surface area contributed by atoms with Gasteiger partial charge in [-0.2, -0.15) is 0 Å². The zero-order valence-electron chi connectivity index (χ0n) is 13.0. The van der Waals surface area contributed by atoms with Crippen LogP contribution in [0.3, 0.4) is 0 Å². The Kier molecular flexibility index (Phi) is 3.76. The van der Waals surface area contributed by atoms with Crippen molar-refractivity contribution in [3.63, 3.8) is 0 Å². The fraction of sp³-hybridized carbons (Fsp3) is 0.667. The quantitative estimate of drug-likeness (QED) is 0.866. The van der Waals surface area contributed by atoms with E-state index in [9.17, 15) is 0 Å². The molecule has 0 amide bonds. The van der Waals surface area contributed by atoms with Crippen molar-refractivity contribution in [2.45, 2.75) is 64.5 Å². The van der Waals surface area contributed by atoms with Crippen molar-refractivity contribution in [3.05, 3.63) is 29.3 Å². The zero-order valence-corrected chi connectivity index (χ0v) is 13.0. The molecular formula is C18H27NO. The van der Waals surface area contributed by atoms with Gasteiger partial charge in [0.05, 0.1) is 0 Å². The smallest absolute Gasteiger partial charge is 0.123 e. The molecule has 2 aliphatic rings. The highest BCUT2D eigenvalue weighted by atomic mass is 16.5. The fourth-order valence-electron chi connectivity index (χ4n) is 3.45. The summed E-state index contributed by atoms with van der Waals surface area (Å²) in [6.45, 7) is 7.70. The van der Waals surface area contributed by atoms with E-state index in [0.717, 1.165) is 24.6 Å². The first-order valence-electron chi connectivity index (χ1n) is 8.14. The third-order valence-corrected chi connectivity index (χ3v) is 4.68. The number of hydrogen-bond donors (Lipinski definition) is 1. The lowest BCUT2D eigenvalue weighted by Crippen LogP contribution is -2.32. The highest BCUT2D eigenvalue weighted by Gasteiger charge is 2.32. The van der Waals surface area contributed by atoms with Crippen molar-refractivity contribution >= 4 is 0 Å². The molecule has 1 atom stereocenters. The maximum atomic E-state index is 5.99. The van der Waals surface area contributed by atoms with Crippen molar-refractivity contribution in [2.75, 3.05) is 6.54 Å². The molecule has 1 N–H and O–H groups in total. The Hall–Kier alpha value is -1.02. The summed E-state index contributed by atoms with van der Waals surface area (Å²) in [5, 5.41) is 3.76. The Morgan fingerprint density at radius 1 is 1.35 bits per heavy atom. The Bertz CT molecular complexity index is 476. The second-order valence-corrected chi connectivity index (χ2v) is 7.03. The largest absolute Gasteiger partial charge is 0.487 e. The van der Waals surface area contributed by atoms with E-state index in [1.54, 1.807) is 0 Å². The molecule has 1 heterocycles. The molecular weight excluding hydrogens is 246 g/mol. The Labute approximate surface area is 122 Å². The summed E-state index contributed by atoms with van der Waals surface area (Å²) in [5.41, 5.74) is 2.81. The van der Waals surface area contributed by atoms with Crippen molar-refractivity contribution in [1.29, 1.82) is 0 Å². The average Bonchev–Trinajstić information content (AvgIpc) is 2.64. The van der Waals surface area contributed by atoms with Gasteiger partial charge in [-0.25, -0.2) is 0 Å². The molecule has 110 valence electrons. The van der Waals surface area contributed by atoms with Gasteiger partial charge in [-0.15, -0.1) is 0 Å². The standard InChI is InChI=1S/C18H27NO/c1-4-10-19-17(13-6-5-7-13)14-8-9-16-15(11-14)12-18(2,3)20-16/h8-9,11,13,17,19H,4-7,10,12H2,1-3H3. The van der Waals surface area contributed by atoms with Gasteiger partial charge in [0.1, 0.15) is 11.4 Å². The van der Waals surface area contributed by atoms with E-state index in [4.69, 9.17) is 4.74 Å². The molecule has 1 aromatic carbocycles. The van der Waals surface area contributed by atoms with Crippen molar-refractivity contribution < 1.29 is 4.74 Å². The Morgan fingerprint density at radius 3 is 2.80 bits per heavy atom. The predicted molar refractivity (Wildman–Crippen MR) is 83.2 cm³/mol. The molecule has 2 heteroatoms. The lowest BCUT2D eigenvalue weighted by molar-refractivity contribution is 0.138. The summed E-state index contributed by atoms with van der Waals surface area (Å²) in [4.78, 5) is 0. The topological polar surface area (TPSA) is 21.3 Å². The van der Waals surface area contributed by atoms with Gasteiger partial charge in [0.15, 0.2) is 0 Å². The summed E-state index contributed by atoms with van der Waals surface area (Å²) in [5.74, 6) is 1.91. The molecule has 1 aliphatic carbocycles. The number of hydrogen-bond acceptors (Lipinski definition) is 2. The van der Waals surface area contributed by atoms with Crippen LogP contribution in [-0.2, 0) is 6.42 Å². The van der Waals surface area contributed by atoms with Crippen LogP contribution in [0.1, 0.15) is 63.6 Å². The Morgan fingerprint density at radius 2 is 2.15 bits per heavy atom. The first kappa shape index (κ1) is 13.9. The summed E-state index contributed by atoms with van der Waals surface area (Å²) in [6, 6.07) is 7.37. The van der Waals surface area contributed by atoms with Crippen LogP contribution in [0.2, 0.25) is 0 Å². The van der Waals surface area contributed by atoms with E-state index in [1.807, 2.05) is 0 Å². The number of nitrogens with one attached hydrogen (secondary N) is 1. The van der Waals surface area contributed by atoms with Crippen molar-refractivity contribution in [1.82, 2.24) is 5.32 Å². The van der Waals surface area contributed by atoms with Gasteiger partial charge in [-0.3, -0.25) is 0 Å². The summed E-state index contributed by atoms with van der Waals surface area (Å²) < 4.78 is 5.99. The molecule has 0 saturated heterocycles. The highest BCUT2D eigenvalue weighted by molar-refractivity contribution is 5.43. The highest BCUT2D eigenvalue weighted by Crippen LogP contribution is 2.41. The minimum absolute atomic E-state index is 0.0379. The molecule has 0 spiro atoms. The summed E-state index contributed by atoms with van der Waals surface area (Å²) in [6.07, 6.45) is 6.38. The van der Waals surface area contributed by atoms with Gasteiger partial charge >= 0.3 is 0 Å². The number of fused-ring (bicyclic) bond motifs is 1. The van der Waals surface area contributed by atoms with Crippen LogP contribution in [0.5, 0.6) is 5.75 Å². The van der Waals surface area contributed by atoms with Crippen LogP contribution in [-0.4, -0.2) is 12.1 Å². The normalized spacial score (nSPS) is 21.9. The van der Waals surface area contributed by atoms with Crippen LogP contribution in [0, 0.1) is 5.92 Å². The number of ether oxygens (including phenoxy) is 1. The molecule has 1 aromatic rings. The van der Waals surface area contributed by atoms with Crippen LogP contribution >= 0.6 is 0 Å². The SMILES string of the molecule is CCCNC(c1ccc2c(c1)CC(C)(C)O2)C1CCC1. The second kappa shape index (κ2) is 5.40. The number of benzene rings is 1. The Balaban J connectivity index is 1.81. The number of rotatable bonds is 5. The minimum Gasteiger partial charge on any atom is -0.487 e. The van der Waals surface area contributed by atoms with Crippen LogP contribution < -0.4 is 10.1 Å². The fourth-order valence-corrected chi connectivity index (χ4v) is 3.45. The average molecular weight is 273 g/mol.